The molecule has 0 saturated carbocycles. The van der Waals surface area contributed by atoms with E-state index in [9.17, 15) is 0 Å². The van der Waals surface area contributed by atoms with Crippen molar-refractivity contribution in [2.24, 2.45) is 0 Å². The smallest absolute Gasteiger partial charge is 0.180 e. The number of para-hydroxylation sites is 3. The summed E-state index contributed by atoms with van der Waals surface area (Å²) in [5, 5.41) is 3.24. The van der Waals surface area contributed by atoms with Gasteiger partial charge in [-0.1, -0.05) is 164 Å². The molecule has 4 heterocycles. The predicted octanol–water partition coefficient (Wildman–Crippen LogP) is 13.7. The zero-order chi connectivity index (χ0) is 41.0. The molecule has 7 nitrogen and oxygen atoms in total. The van der Waals surface area contributed by atoms with E-state index in [0.29, 0.717) is 34.6 Å². The third-order valence-corrected chi connectivity index (χ3v) is 11.5. The lowest BCUT2D eigenvalue weighted by Crippen LogP contribution is -2.04. The number of hydrogen-bond donors (Lipinski definition) is 0. The summed E-state index contributed by atoms with van der Waals surface area (Å²) >= 11 is 0. The molecule has 0 atom stereocenters. The van der Waals surface area contributed by atoms with Gasteiger partial charge in [0.25, 0.3) is 0 Å². The molecule has 62 heavy (non-hydrogen) atoms. The van der Waals surface area contributed by atoms with Gasteiger partial charge in [-0.25, -0.2) is 24.9 Å². The highest BCUT2D eigenvalue weighted by Crippen LogP contribution is 2.42. The summed E-state index contributed by atoms with van der Waals surface area (Å²) in [6.45, 7) is 0. The number of nitrogens with zero attached hydrogens (tertiary/aromatic N) is 6. The van der Waals surface area contributed by atoms with E-state index in [4.69, 9.17) is 29.3 Å². The first-order valence-corrected chi connectivity index (χ1v) is 20.6. The molecule has 0 spiro atoms. The monoisotopic (exact) mass is 794 g/mol. The molecule has 12 rings (SSSR count). The van der Waals surface area contributed by atoms with Gasteiger partial charge in [-0.2, -0.15) is 0 Å². The normalized spacial score (nSPS) is 11.5. The summed E-state index contributed by atoms with van der Waals surface area (Å²) in [6.07, 6.45) is 0. The summed E-state index contributed by atoms with van der Waals surface area (Å²) < 4.78 is 8.93. The summed E-state index contributed by atoms with van der Waals surface area (Å²) in [5.41, 5.74) is 12.4. The lowest BCUT2D eigenvalue weighted by Gasteiger charge is -2.16. The number of rotatable bonds is 7. The SMILES string of the molecule is c1ccc(-c2nc(-c3ccccc3)nc(-c3cc(-c4nc(-c5ccccc5-c5ccccc5)c5oc6ccccc6c5n4)ccc3-n3c4ccccc4c4ccccc43)n2)cc1. The molecule has 4 aromatic heterocycles. The minimum atomic E-state index is 0.529. The molecule has 290 valence electrons. The molecule has 0 saturated heterocycles. The van der Waals surface area contributed by atoms with Crippen LogP contribution in [0.15, 0.2) is 211 Å². The van der Waals surface area contributed by atoms with Crippen LogP contribution in [0.1, 0.15) is 0 Å². The zero-order valence-electron chi connectivity index (χ0n) is 33.2. The van der Waals surface area contributed by atoms with Crippen molar-refractivity contribution in [3.05, 3.63) is 206 Å². The van der Waals surface area contributed by atoms with Gasteiger partial charge in [0.05, 0.1) is 16.7 Å². The highest BCUT2D eigenvalue weighted by Gasteiger charge is 2.24. The van der Waals surface area contributed by atoms with Crippen LogP contribution in [0, 0.1) is 0 Å². The average molecular weight is 795 g/mol. The van der Waals surface area contributed by atoms with Crippen LogP contribution in [0.3, 0.4) is 0 Å². The third kappa shape index (κ3) is 5.94. The maximum Gasteiger partial charge on any atom is 0.180 e. The van der Waals surface area contributed by atoms with Crippen molar-refractivity contribution in [1.29, 1.82) is 0 Å². The second kappa shape index (κ2) is 14.6. The standard InChI is InChI=1S/C55H34N6O/c1-4-18-35(19-5-1)39-24-10-11-27-42(39)49-51-50(43-28-14-17-31-48(43)62-51)57-54(56-49)38-32-33-47(61-45-29-15-12-25-40(45)41-26-13-16-30-46(41)61)44(34-38)55-59-52(36-20-6-2-7-21-36)58-53(60-55)37-22-8-3-9-23-37/h1-34H. The van der Waals surface area contributed by atoms with E-state index in [1.807, 2.05) is 91.0 Å². The van der Waals surface area contributed by atoms with Gasteiger partial charge in [0.15, 0.2) is 28.9 Å². The summed E-state index contributed by atoms with van der Waals surface area (Å²) in [7, 11) is 0. The lowest BCUT2D eigenvalue weighted by atomic mass is 9.97. The zero-order valence-corrected chi connectivity index (χ0v) is 33.2. The fraction of sp³-hybridized carbons (Fsp3) is 0. The molecule has 0 bridgehead atoms. The molecular formula is C55H34N6O. The molecular weight excluding hydrogens is 761 g/mol. The number of hydrogen-bond acceptors (Lipinski definition) is 6. The van der Waals surface area contributed by atoms with Crippen molar-refractivity contribution in [3.63, 3.8) is 0 Å². The molecule has 0 amide bonds. The Labute approximate surface area is 356 Å². The van der Waals surface area contributed by atoms with Gasteiger partial charge >= 0.3 is 0 Å². The fourth-order valence-electron chi connectivity index (χ4n) is 8.62. The van der Waals surface area contributed by atoms with Crippen molar-refractivity contribution in [1.82, 2.24) is 29.5 Å². The van der Waals surface area contributed by atoms with Gasteiger partial charge < -0.3 is 8.98 Å². The van der Waals surface area contributed by atoms with Crippen LogP contribution in [-0.4, -0.2) is 29.5 Å². The van der Waals surface area contributed by atoms with E-state index in [1.165, 1.54) is 0 Å². The van der Waals surface area contributed by atoms with Crippen molar-refractivity contribution in [3.8, 4) is 73.6 Å². The largest absolute Gasteiger partial charge is 0.452 e. The van der Waals surface area contributed by atoms with Crippen LogP contribution >= 0.6 is 0 Å². The van der Waals surface area contributed by atoms with E-state index in [1.54, 1.807) is 0 Å². The third-order valence-electron chi connectivity index (χ3n) is 11.5. The molecule has 0 aliphatic rings. The van der Waals surface area contributed by atoms with Crippen LogP contribution in [0.2, 0.25) is 0 Å². The van der Waals surface area contributed by atoms with Gasteiger partial charge in [0.1, 0.15) is 16.8 Å². The van der Waals surface area contributed by atoms with E-state index < -0.39 is 0 Å². The molecule has 0 radical (unpaired) electrons. The van der Waals surface area contributed by atoms with Crippen molar-refractivity contribution in [2.75, 3.05) is 0 Å². The Morgan fingerprint density at radius 3 is 1.48 bits per heavy atom. The van der Waals surface area contributed by atoms with Gasteiger partial charge in [-0.05, 0) is 53.6 Å². The first-order valence-electron chi connectivity index (χ1n) is 20.6. The fourth-order valence-corrected chi connectivity index (χ4v) is 8.62. The second-order valence-electron chi connectivity index (χ2n) is 15.2. The minimum absolute atomic E-state index is 0.529. The summed E-state index contributed by atoms with van der Waals surface area (Å²) in [4.78, 5) is 26.3. The van der Waals surface area contributed by atoms with E-state index >= 15 is 0 Å². The van der Waals surface area contributed by atoms with Crippen molar-refractivity contribution >= 4 is 43.9 Å². The predicted molar refractivity (Wildman–Crippen MR) is 250 cm³/mol. The van der Waals surface area contributed by atoms with E-state index in [0.717, 1.165) is 82.9 Å². The first kappa shape index (κ1) is 35.4. The van der Waals surface area contributed by atoms with Gasteiger partial charge in [-0.3, -0.25) is 0 Å². The Morgan fingerprint density at radius 2 is 0.839 bits per heavy atom. The summed E-state index contributed by atoms with van der Waals surface area (Å²) in [5.74, 6) is 2.24. The minimum Gasteiger partial charge on any atom is -0.452 e. The second-order valence-corrected chi connectivity index (χ2v) is 15.2. The maximum absolute atomic E-state index is 6.62. The van der Waals surface area contributed by atoms with Crippen LogP contribution in [0.25, 0.3) is 117 Å². The van der Waals surface area contributed by atoms with Crippen molar-refractivity contribution in [2.45, 2.75) is 0 Å². The Balaban J connectivity index is 1.16. The van der Waals surface area contributed by atoms with Gasteiger partial charge in [-0.15, -0.1) is 0 Å². The highest BCUT2D eigenvalue weighted by atomic mass is 16.3. The molecule has 0 fully saturated rings. The number of benzene rings is 8. The lowest BCUT2D eigenvalue weighted by molar-refractivity contribution is 0.667. The molecule has 0 aliphatic carbocycles. The van der Waals surface area contributed by atoms with Crippen LogP contribution in [0.5, 0.6) is 0 Å². The Hall–Kier alpha value is -8.55. The molecule has 0 unspecified atom stereocenters. The van der Waals surface area contributed by atoms with Gasteiger partial charge in [0.2, 0.25) is 0 Å². The average Bonchev–Trinajstić information content (AvgIpc) is 3.90. The quantitative estimate of drug-likeness (QED) is 0.160. The van der Waals surface area contributed by atoms with E-state index in [-0.39, 0.29) is 0 Å². The van der Waals surface area contributed by atoms with E-state index in [2.05, 4.69) is 120 Å². The molecule has 0 aliphatic heterocycles. The Kier molecular flexibility index (Phi) is 8.35. The maximum atomic E-state index is 6.62. The topological polar surface area (TPSA) is 82.5 Å². The van der Waals surface area contributed by atoms with Crippen LogP contribution < -0.4 is 0 Å². The molecule has 0 N–H and O–H groups in total. The number of furan rings is 1. The Bertz CT molecular complexity index is 3520. The molecule has 8 aromatic carbocycles. The Morgan fingerprint density at radius 1 is 0.339 bits per heavy atom. The van der Waals surface area contributed by atoms with Crippen LogP contribution in [-0.2, 0) is 0 Å². The molecule has 12 aromatic rings. The van der Waals surface area contributed by atoms with Crippen LogP contribution in [0.4, 0.5) is 0 Å². The summed E-state index contributed by atoms with van der Waals surface area (Å²) in [6, 6.07) is 70.4. The van der Waals surface area contributed by atoms with Crippen molar-refractivity contribution < 1.29 is 4.42 Å². The number of aromatic nitrogens is 6. The van der Waals surface area contributed by atoms with Gasteiger partial charge in [0, 0.05) is 44.0 Å². The molecule has 7 heteroatoms. The first-order chi connectivity index (χ1) is 30.7. The number of fused-ring (bicyclic) bond motifs is 6. The highest BCUT2D eigenvalue weighted by molar-refractivity contribution is 6.10.